The van der Waals surface area contributed by atoms with Gasteiger partial charge in [0.1, 0.15) is 0 Å². The van der Waals surface area contributed by atoms with Gasteiger partial charge in [-0.1, -0.05) is 0 Å². The molecule has 0 spiro atoms. The minimum absolute atomic E-state index is 0.0698. The number of nitrogens with two attached hydrogens (primary N) is 1. The van der Waals surface area contributed by atoms with Crippen LogP contribution in [0.5, 0.6) is 0 Å². The lowest BCUT2D eigenvalue weighted by Gasteiger charge is -2.21. The molecule has 3 rings (SSSR count). The SMILES string of the molecule is NC1CCN(c2ccc(C(=O)O)cc2C=C2SC(=O)NC2=O)C1. The summed E-state index contributed by atoms with van der Waals surface area (Å²) in [5, 5.41) is 10.9. The van der Waals surface area contributed by atoms with E-state index in [2.05, 4.69) is 10.2 Å². The topological polar surface area (TPSA) is 113 Å². The minimum atomic E-state index is -1.05. The molecule has 23 heavy (non-hydrogen) atoms. The molecular weight excluding hydrogens is 318 g/mol. The van der Waals surface area contributed by atoms with Crippen LogP contribution in [0.3, 0.4) is 0 Å². The highest BCUT2D eigenvalue weighted by Crippen LogP contribution is 2.31. The third-order valence-electron chi connectivity index (χ3n) is 3.77. The summed E-state index contributed by atoms with van der Waals surface area (Å²) < 4.78 is 0. The number of hydrogen-bond acceptors (Lipinski definition) is 6. The molecule has 0 saturated carbocycles. The van der Waals surface area contributed by atoms with Crippen LogP contribution < -0.4 is 16.0 Å². The fraction of sp³-hybridized carbons (Fsp3) is 0.267. The average Bonchev–Trinajstić information content (AvgIpc) is 3.05. The molecule has 2 heterocycles. The molecule has 8 heteroatoms. The van der Waals surface area contributed by atoms with Crippen molar-refractivity contribution in [3.63, 3.8) is 0 Å². The minimum Gasteiger partial charge on any atom is -0.478 e. The van der Waals surface area contributed by atoms with Crippen LogP contribution >= 0.6 is 11.8 Å². The molecule has 0 radical (unpaired) electrons. The first-order valence-electron chi connectivity index (χ1n) is 7.07. The molecule has 4 N–H and O–H groups in total. The summed E-state index contributed by atoms with van der Waals surface area (Å²) in [6, 6.07) is 4.81. The van der Waals surface area contributed by atoms with E-state index >= 15 is 0 Å². The summed E-state index contributed by atoms with van der Waals surface area (Å²) in [6.45, 7) is 1.43. The molecule has 2 saturated heterocycles. The number of amides is 2. The smallest absolute Gasteiger partial charge is 0.335 e. The van der Waals surface area contributed by atoms with Gasteiger partial charge in [0.15, 0.2) is 0 Å². The van der Waals surface area contributed by atoms with Crippen molar-refractivity contribution in [2.75, 3.05) is 18.0 Å². The lowest BCUT2D eigenvalue weighted by Crippen LogP contribution is -2.26. The number of carbonyl (C=O) groups excluding carboxylic acids is 2. The number of benzene rings is 1. The van der Waals surface area contributed by atoms with Crippen molar-refractivity contribution in [3.05, 3.63) is 34.2 Å². The van der Waals surface area contributed by atoms with Gasteiger partial charge in [-0.3, -0.25) is 14.9 Å². The predicted molar refractivity (Wildman–Crippen MR) is 87.3 cm³/mol. The van der Waals surface area contributed by atoms with E-state index in [0.29, 0.717) is 12.1 Å². The Morgan fingerprint density at radius 3 is 2.78 bits per heavy atom. The maximum atomic E-state index is 11.7. The van der Waals surface area contributed by atoms with E-state index in [1.165, 1.54) is 12.1 Å². The Labute approximate surface area is 136 Å². The Morgan fingerprint density at radius 2 is 2.22 bits per heavy atom. The fourth-order valence-electron chi connectivity index (χ4n) is 2.66. The number of rotatable bonds is 3. The number of carbonyl (C=O) groups is 3. The van der Waals surface area contributed by atoms with Crippen molar-refractivity contribution in [2.45, 2.75) is 12.5 Å². The van der Waals surface area contributed by atoms with Gasteiger partial charge in [0.2, 0.25) is 0 Å². The Balaban J connectivity index is 2.03. The quantitative estimate of drug-likeness (QED) is 0.713. The summed E-state index contributed by atoms with van der Waals surface area (Å²) in [7, 11) is 0. The lowest BCUT2D eigenvalue weighted by molar-refractivity contribution is -0.115. The molecule has 0 bridgehead atoms. The summed E-state index contributed by atoms with van der Waals surface area (Å²) in [6.07, 6.45) is 2.40. The van der Waals surface area contributed by atoms with Gasteiger partial charge in [-0.05, 0) is 48.0 Å². The van der Waals surface area contributed by atoms with Crippen molar-refractivity contribution >= 4 is 40.6 Å². The van der Waals surface area contributed by atoms with Gasteiger partial charge < -0.3 is 15.7 Å². The monoisotopic (exact) mass is 333 g/mol. The standard InChI is InChI=1S/C15H15N3O4S/c16-10-3-4-18(7-10)11-2-1-8(14(20)21)5-9(11)6-12-13(19)17-15(22)23-12/h1-2,5-6,10H,3-4,7,16H2,(H,20,21)(H,17,19,22). The van der Waals surface area contributed by atoms with Crippen molar-refractivity contribution in [2.24, 2.45) is 5.73 Å². The maximum absolute atomic E-state index is 11.7. The van der Waals surface area contributed by atoms with Crippen molar-refractivity contribution < 1.29 is 19.5 Å². The van der Waals surface area contributed by atoms with Crippen LogP contribution in [0.25, 0.3) is 6.08 Å². The van der Waals surface area contributed by atoms with Gasteiger partial charge >= 0.3 is 5.97 Å². The third-order valence-corrected chi connectivity index (χ3v) is 4.58. The van der Waals surface area contributed by atoms with Gasteiger partial charge in [-0.25, -0.2) is 4.79 Å². The zero-order valence-corrected chi connectivity index (χ0v) is 12.9. The third kappa shape index (κ3) is 3.22. The van der Waals surface area contributed by atoms with E-state index in [9.17, 15) is 14.4 Å². The first-order chi connectivity index (χ1) is 10.9. The average molecular weight is 333 g/mol. The number of carboxylic acids is 1. The normalized spacial score (nSPS) is 22.7. The zero-order valence-electron chi connectivity index (χ0n) is 12.1. The maximum Gasteiger partial charge on any atom is 0.335 e. The summed E-state index contributed by atoms with van der Waals surface area (Å²) in [5.74, 6) is -1.52. The number of aromatic carboxylic acids is 1. The number of carboxylic acid groups (broad SMARTS) is 1. The number of nitrogens with zero attached hydrogens (tertiary/aromatic N) is 1. The number of anilines is 1. The Kier molecular flexibility index (Phi) is 4.10. The number of nitrogens with one attached hydrogen (secondary N) is 1. The fourth-order valence-corrected chi connectivity index (χ4v) is 3.33. The van der Waals surface area contributed by atoms with Crippen LogP contribution in [0.15, 0.2) is 23.1 Å². The molecule has 2 amide bonds. The first-order valence-corrected chi connectivity index (χ1v) is 7.88. The van der Waals surface area contributed by atoms with Crippen LogP contribution in [-0.2, 0) is 4.79 Å². The zero-order chi connectivity index (χ0) is 16.6. The molecule has 1 aromatic carbocycles. The van der Waals surface area contributed by atoms with Crippen LogP contribution in [-0.4, -0.2) is 41.4 Å². The van der Waals surface area contributed by atoms with E-state index in [4.69, 9.17) is 10.8 Å². The molecule has 7 nitrogen and oxygen atoms in total. The van der Waals surface area contributed by atoms with Crippen molar-refractivity contribution in [1.82, 2.24) is 5.32 Å². The van der Waals surface area contributed by atoms with E-state index in [1.807, 2.05) is 0 Å². The van der Waals surface area contributed by atoms with Crippen LogP contribution in [0.4, 0.5) is 10.5 Å². The highest BCUT2D eigenvalue weighted by molar-refractivity contribution is 8.18. The van der Waals surface area contributed by atoms with Crippen LogP contribution in [0.2, 0.25) is 0 Å². The molecule has 1 unspecified atom stereocenters. The Morgan fingerprint density at radius 1 is 1.43 bits per heavy atom. The summed E-state index contributed by atoms with van der Waals surface area (Å²) >= 11 is 0.805. The molecule has 2 aliphatic heterocycles. The molecule has 0 aliphatic carbocycles. The molecule has 1 aromatic rings. The highest BCUT2D eigenvalue weighted by atomic mass is 32.2. The molecule has 0 aromatic heterocycles. The second-order valence-electron chi connectivity index (χ2n) is 5.43. The molecule has 120 valence electrons. The van der Waals surface area contributed by atoms with E-state index in [0.717, 1.165) is 30.4 Å². The van der Waals surface area contributed by atoms with Gasteiger partial charge in [0.25, 0.3) is 11.1 Å². The second-order valence-corrected chi connectivity index (χ2v) is 6.44. The van der Waals surface area contributed by atoms with Gasteiger partial charge in [0.05, 0.1) is 10.5 Å². The van der Waals surface area contributed by atoms with Crippen LogP contribution in [0, 0.1) is 0 Å². The highest BCUT2D eigenvalue weighted by Gasteiger charge is 2.27. The van der Waals surface area contributed by atoms with Gasteiger partial charge in [0, 0.05) is 24.8 Å². The second kappa shape index (κ2) is 6.05. The van der Waals surface area contributed by atoms with E-state index in [-0.39, 0.29) is 16.5 Å². The Bertz CT molecular complexity index is 731. The van der Waals surface area contributed by atoms with Crippen molar-refractivity contribution in [1.29, 1.82) is 0 Å². The summed E-state index contributed by atoms with van der Waals surface area (Å²) in [5.41, 5.74) is 7.45. The Hall–Kier alpha value is -2.32. The van der Waals surface area contributed by atoms with E-state index in [1.54, 1.807) is 12.1 Å². The lowest BCUT2D eigenvalue weighted by atomic mass is 10.1. The number of thioether (sulfide) groups is 1. The molecule has 1 atom stereocenters. The van der Waals surface area contributed by atoms with Crippen molar-refractivity contribution in [3.8, 4) is 0 Å². The molecule has 2 fully saturated rings. The predicted octanol–water partition coefficient (Wildman–Crippen LogP) is 1.25. The van der Waals surface area contributed by atoms with E-state index < -0.39 is 17.1 Å². The largest absolute Gasteiger partial charge is 0.478 e. The van der Waals surface area contributed by atoms with Gasteiger partial charge in [-0.15, -0.1) is 0 Å². The molecular formula is C15H15N3O4S. The summed E-state index contributed by atoms with van der Waals surface area (Å²) in [4.78, 5) is 36.5. The number of imide groups is 1. The van der Waals surface area contributed by atoms with Gasteiger partial charge in [-0.2, -0.15) is 0 Å². The van der Waals surface area contributed by atoms with Crippen LogP contribution in [0.1, 0.15) is 22.3 Å². The first kappa shape index (κ1) is 15.6. The molecule has 2 aliphatic rings. The number of hydrogen-bond donors (Lipinski definition) is 3.